The maximum Gasteiger partial charge on any atom is 0.239 e. The summed E-state index contributed by atoms with van der Waals surface area (Å²) in [6.07, 6.45) is 3.80. The first kappa shape index (κ1) is 22.4. The molecule has 0 bridgehead atoms. The van der Waals surface area contributed by atoms with Crippen molar-refractivity contribution in [3.05, 3.63) is 0 Å². The van der Waals surface area contributed by atoms with Crippen molar-refractivity contribution >= 4 is 11.8 Å². The Bertz CT molecular complexity index is 578. The number of halogens is 1. The molecule has 3 aliphatic rings. The number of alkyl halides is 1. The summed E-state index contributed by atoms with van der Waals surface area (Å²) in [5.41, 5.74) is 2.90. The highest BCUT2D eigenvalue weighted by Crippen LogP contribution is 2.38. The van der Waals surface area contributed by atoms with Crippen LogP contribution in [0.2, 0.25) is 0 Å². The molecule has 8 heteroatoms. The number of piperidine rings is 1. The van der Waals surface area contributed by atoms with E-state index in [1.165, 1.54) is 0 Å². The van der Waals surface area contributed by atoms with Gasteiger partial charge in [0.15, 0.2) is 0 Å². The predicted molar refractivity (Wildman–Crippen MR) is 109 cm³/mol. The molecule has 2 saturated heterocycles. The van der Waals surface area contributed by atoms with Gasteiger partial charge in [0.05, 0.1) is 6.10 Å². The molecule has 0 aromatic rings. The molecule has 1 aliphatic carbocycles. The van der Waals surface area contributed by atoms with Gasteiger partial charge in [-0.2, -0.15) is 5.48 Å². The van der Waals surface area contributed by atoms with Crippen LogP contribution in [-0.4, -0.2) is 79.2 Å². The van der Waals surface area contributed by atoms with E-state index in [-0.39, 0.29) is 29.9 Å². The van der Waals surface area contributed by atoms with Crippen LogP contribution >= 0.6 is 0 Å². The average Bonchev–Trinajstić information content (AvgIpc) is 2.70. The number of hydrogen-bond donors (Lipinski definition) is 2. The highest BCUT2D eigenvalue weighted by molar-refractivity contribution is 5.82. The standard InChI is InChI=1S/C21H37FN4O3/c1-14-7-8-18(22)17-12-19(24-29-20(14)17)21(28)23-16-6-4-10-26(13-16)11-5-9-25(3)15(2)27/h14,16-20,24H,4-13H2,1-3H3,(H,23,28). The maximum absolute atomic E-state index is 14.4. The molecule has 6 unspecified atom stereocenters. The lowest BCUT2D eigenvalue weighted by Crippen LogP contribution is -2.59. The van der Waals surface area contributed by atoms with E-state index < -0.39 is 12.2 Å². The summed E-state index contributed by atoms with van der Waals surface area (Å²) in [5, 5.41) is 3.15. The topological polar surface area (TPSA) is 73.9 Å². The first-order valence-electron chi connectivity index (χ1n) is 11.1. The average molecular weight is 413 g/mol. The summed E-state index contributed by atoms with van der Waals surface area (Å²) >= 11 is 0. The number of nitrogens with zero attached hydrogens (tertiary/aromatic N) is 2. The predicted octanol–water partition coefficient (Wildman–Crippen LogP) is 1.48. The molecule has 6 atom stereocenters. The largest absolute Gasteiger partial charge is 0.351 e. The number of rotatable bonds is 6. The van der Waals surface area contributed by atoms with E-state index in [9.17, 15) is 14.0 Å². The molecule has 3 fully saturated rings. The first-order chi connectivity index (χ1) is 13.8. The van der Waals surface area contributed by atoms with Crippen LogP contribution in [0, 0.1) is 11.8 Å². The monoisotopic (exact) mass is 412 g/mol. The summed E-state index contributed by atoms with van der Waals surface area (Å²) in [6, 6.07) is -0.382. The van der Waals surface area contributed by atoms with Crippen LogP contribution in [0.3, 0.4) is 0 Å². The molecular formula is C21H37FN4O3. The van der Waals surface area contributed by atoms with Gasteiger partial charge < -0.3 is 15.1 Å². The molecule has 0 radical (unpaired) electrons. The summed E-state index contributed by atoms with van der Waals surface area (Å²) in [4.78, 5) is 33.9. The van der Waals surface area contributed by atoms with Gasteiger partial charge in [-0.1, -0.05) is 6.92 Å². The Labute approximate surface area is 173 Å². The number of hydrogen-bond acceptors (Lipinski definition) is 5. The van der Waals surface area contributed by atoms with E-state index in [0.29, 0.717) is 18.8 Å². The van der Waals surface area contributed by atoms with Crippen LogP contribution in [0.25, 0.3) is 0 Å². The molecule has 166 valence electrons. The Hall–Kier alpha value is -1.25. The molecule has 2 amide bonds. The zero-order valence-electron chi connectivity index (χ0n) is 18.0. The lowest BCUT2D eigenvalue weighted by atomic mass is 9.75. The number of nitrogens with one attached hydrogen (secondary N) is 2. The van der Waals surface area contributed by atoms with Crippen molar-refractivity contribution in [2.45, 2.75) is 76.7 Å². The molecule has 0 spiro atoms. The van der Waals surface area contributed by atoms with Gasteiger partial charge in [-0.25, -0.2) is 4.39 Å². The van der Waals surface area contributed by atoms with Crippen LogP contribution in [0.4, 0.5) is 4.39 Å². The molecule has 2 aliphatic heterocycles. The van der Waals surface area contributed by atoms with E-state index in [0.717, 1.165) is 51.9 Å². The second-order valence-electron chi connectivity index (χ2n) is 9.17. The Morgan fingerprint density at radius 2 is 2.10 bits per heavy atom. The summed E-state index contributed by atoms with van der Waals surface area (Å²) in [7, 11) is 1.82. The van der Waals surface area contributed by atoms with E-state index in [4.69, 9.17) is 4.84 Å². The second kappa shape index (κ2) is 10.2. The molecule has 0 aromatic carbocycles. The lowest BCUT2D eigenvalue weighted by Gasteiger charge is -2.44. The number of carbonyl (C=O) groups is 2. The molecule has 2 N–H and O–H groups in total. The minimum Gasteiger partial charge on any atom is -0.351 e. The number of hydroxylamine groups is 1. The van der Waals surface area contributed by atoms with E-state index >= 15 is 0 Å². The van der Waals surface area contributed by atoms with Gasteiger partial charge in [0, 0.05) is 39.0 Å². The van der Waals surface area contributed by atoms with Crippen LogP contribution in [0.1, 0.15) is 52.4 Å². The van der Waals surface area contributed by atoms with Crippen LogP contribution in [-0.2, 0) is 14.4 Å². The van der Waals surface area contributed by atoms with Crippen molar-refractivity contribution < 1.29 is 18.8 Å². The fraction of sp³-hybridized carbons (Fsp3) is 0.905. The Balaban J connectivity index is 1.43. The van der Waals surface area contributed by atoms with Crippen LogP contribution in [0.5, 0.6) is 0 Å². The summed E-state index contributed by atoms with van der Waals surface area (Å²) in [5.74, 6) is 0.118. The minimum atomic E-state index is -0.882. The number of amides is 2. The highest BCUT2D eigenvalue weighted by atomic mass is 19.1. The molecular weight excluding hydrogens is 375 g/mol. The molecule has 3 rings (SSSR count). The van der Waals surface area contributed by atoms with Crippen LogP contribution in [0.15, 0.2) is 0 Å². The van der Waals surface area contributed by atoms with E-state index in [1.807, 2.05) is 7.05 Å². The number of fused-ring (bicyclic) bond motifs is 1. The zero-order chi connectivity index (χ0) is 21.0. The van der Waals surface area contributed by atoms with Gasteiger partial charge in [-0.3, -0.25) is 14.4 Å². The van der Waals surface area contributed by atoms with Crippen molar-refractivity contribution in [2.24, 2.45) is 11.8 Å². The fourth-order valence-corrected chi connectivity index (χ4v) is 4.92. The molecule has 1 saturated carbocycles. The van der Waals surface area contributed by atoms with Crippen molar-refractivity contribution in [3.8, 4) is 0 Å². The van der Waals surface area contributed by atoms with Gasteiger partial charge >= 0.3 is 0 Å². The second-order valence-corrected chi connectivity index (χ2v) is 9.17. The molecule has 2 heterocycles. The Morgan fingerprint density at radius 3 is 2.86 bits per heavy atom. The van der Waals surface area contributed by atoms with Gasteiger partial charge in [-0.05, 0) is 57.5 Å². The lowest BCUT2D eigenvalue weighted by molar-refractivity contribution is -0.172. The Kier molecular flexibility index (Phi) is 7.87. The SMILES string of the molecule is CC(=O)N(C)CCCN1CCCC(NC(=O)C2CC3C(F)CCC(C)C3ON2)C1. The van der Waals surface area contributed by atoms with Crippen molar-refractivity contribution in [3.63, 3.8) is 0 Å². The normalized spacial score (nSPS) is 35.6. The number of carbonyl (C=O) groups excluding carboxylic acids is 2. The molecule has 29 heavy (non-hydrogen) atoms. The minimum absolute atomic E-state index is 0.0844. The van der Waals surface area contributed by atoms with Crippen molar-refractivity contribution in [2.75, 3.05) is 33.2 Å². The van der Waals surface area contributed by atoms with Crippen molar-refractivity contribution in [1.82, 2.24) is 20.6 Å². The third kappa shape index (κ3) is 5.89. The summed E-state index contributed by atoms with van der Waals surface area (Å²) < 4.78 is 14.4. The van der Waals surface area contributed by atoms with E-state index in [1.54, 1.807) is 11.8 Å². The summed E-state index contributed by atoms with van der Waals surface area (Å²) in [6.45, 7) is 7.18. The van der Waals surface area contributed by atoms with Gasteiger partial charge in [0.25, 0.3) is 0 Å². The van der Waals surface area contributed by atoms with Crippen LogP contribution < -0.4 is 10.8 Å². The fourth-order valence-electron chi connectivity index (χ4n) is 4.92. The number of likely N-dealkylation sites (tertiary alicyclic amines) is 1. The zero-order valence-corrected chi connectivity index (χ0v) is 18.0. The molecule has 7 nitrogen and oxygen atoms in total. The quantitative estimate of drug-likeness (QED) is 0.691. The Morgan fingerprint density at radius 1 is 1.31 bits per heavy atom. The maximum atomic E-state index is 14.4. The first-order valence-corrected chi connectivity index (χ1v) is 11.1. The smallest absolute Gasteiger partial charge is 0.239 e. The van der Waals surface area contributed by atoms with Gasteiger partial charge in [0.2, 0.25) is 11.8 Å². The van der Waals surface area contributed by atoms with Crippen molar-refractivity contribution in [1.29, 1.82) is 0 Å². The van der Waals surface area contributed by atoms with Gasteiger partial charge in [-0.15, -0.1) is 0 Å². The van der Waals surface area contributed by atoms with E-state index in [2.05, 4.69) is 22.6 Å². The third-order valence-electron chi connectivity index (χ3n) is 6.87. The third-order valence-corrected chi connectivity index (χ3v) is 6.87. The highest BCUT2D eigenvalue weighted by Gasteiger charge is 2.44. The molecule has 0 aromatic heterocycles. The van der Waals surface area contributed by atoms with Gasteiger partial charge in [0.1, 0.15) is 12.2 Å².